The highest BCUT2D eigenvalue weighted by Crippen LogP contribution is 2.34. The number of hydrogen-bond acceptors (Lipinski definition) is 2. The van der Waals surface area contributed by atoms with Crippen molar-refractivity contribution >= 4 is 29.2 Å². The lowest BCUT2D eigenvalue weighted by Crippen LogP contribution is -2.01. The third-order valence-corrected chi connectivity index (χ3v) is 4.50. The predicted molar refractivity (Wildman–Crippen MR) is 95.0 cm³/mol. The number of nitrogens with one attached hydrogen (secondary N) is 1. The molecule has 2 aliphatic heterocycles. The molecule has 2 aliphatic rings. The molecule has 0 spiro atoms. The van der Waals surface area contributed by atoms with Crippen LogP contribution in [0.4, 0.5) is 11.4 Å². The Morgan fingerprint density at radius 1 is 0.955 bits per heavy atom. The van der Waals surface area contributed by atoms with Gasteiger partial charge in [-0.2, -0.15) is 0 Å². The van der Waals surface area contributed by atoms with Gasteiger partial charge in [-0.3, -0.25) is 4.99 Å². The summed E-state index contributed by atoms with van der Waals surface area (Å²) in [7, 11) is 0. The van der Waals surface area contributed by atoms with Crippen LogP contribution in [0.15, 0.2) is 47.5 Å². The van der Waals surface area contributed by atoms with E-state index in [2.05, 4.69) is 52.8 Å². The zero-order valence-electron chi connectivity index (χ0n) is 12.7. The van der Waals surface area contributed by atoms with Gasteiger partial charge in [-0.25, -0.2) is 0 Å². The predicted octanol–water partition coefficient (Wildman–Crippen LogP) is 5.08. The van der Waals surface area contributed by atoms with Gasteiger partial charge in [0.15, 0.2) is 0 Å². The first-order valence-electron chi connectivity index (χ1n) is 8.10. The smallest absolute Gasteiger partial charge is 0.0698 e. The van der Waals surface area contributed by atoms with E-state index in [9.17, 15) is 0 Å². The Hall–Kier alpha value is -2.35. The normalized spacial score (nSPS) is 16.6. The van der Waals surface area contributed by atoms with Crippen LogP contribution in [-0.2, 0) is 6.42 Å². The summed E-state index contributed by atoms with van der Waals surface area (Å²) in [6.07, 6.45) is 8.91. The largest absolute Gasteiger partial charge is 0.385 e. The average molecular weight is 288 g/mol. The average Bonchev–Trinajstić information content (AvgIpc) is 2.92. The highest BCUT2D eigenvalue weighted by atomic mass is 14.9. The van der Waals surface area contributed by atoms with Gasteiger partial charge >= 0.3 is 0 Å². The summed E-state index contributed by atoms with van der Waals surface area (Å²) in [6, 6.07) is 15.0. The standard InChI is InChI=1S/C20H20N2/c1-2-9-19-16(6-1)14-15(11-13-22-19)17-8-5-10-20-18(17)7-3-4-12-21-20/h1-2,5-6,8-10,13-14,21H,3-4,7,11-12H2. The molecule has 2 heterocycles. The zero-order valence-corrected chi connectivity index (χ0v) is 12.7. The Morgan fingerprint density at radius 3 is 2.91 bits per heavy atom. The zero-order chi connectivity index (χ0) is 14.8. The molecule has 2 heteroatoms. The van der Waals surface area contributed by atoms with Crippen LogP contribution in [0, 0.1) is 0 Å². The van der Waals surface area contributed by atoms with E-state index in [1.54, 1.807) is 0 Å². The summed E-state index contributed by atoms with van der Waals surface area (Å²) in [5.41, 5.74) is 7.82. The van der Waals surface area contributed by atoms with Crippen molar-refractivity contribution in [2.45, 2.75) is 25.7 Å². The molecule has 0 radical (unpaired) electrons. The molecule has 22 heavy (non-hydrogen) atoms. The highest BCUT2D eigenvalue weighted by molar-refractivity contribution is 5.95. The summed E-state index contributed by atoms with van der Waals surface area (Å²) < 4.78 is 0. The summed E-state index contributed by atoms with van der Waals surface area (Å²) in [5, 5.41) is 3.58. The lowest BCUT2D eigenvalue weighted by atomic mass is 9.92. The van der Waals surface area contributed by atoms with Crippen molar-refractivity contribution < 1.29 is 0 Å². The number of fused-ring (bicyclic) bond motifs is 2. The first kappa shape index (κ1) is 13.3. The van der Waals surface area contributed by atoms with Crippen LogP contribution in [0.1, 0.15) is 36.0 Å². The molecule has 2 nitrogen and oxygen atoms in total. The second-order valence-electron chi connectivity index (χ2n) is 5.96. The van der Waals surface area contributed by atoms with Crippen LogP contribution in [0.5, 0.6) is 0 Å². The van der Waals surface area contributed by atoms with E-state index in [1.807, 2.05) is 12.3 Å². The van der Waals surface area contributed by atoms with E-state index in [0.717, 1.165) is 25.1 Å². The summed E-state index contributed by atoms with van der Waals surface area (Å²) in [5.74, 6) is 0. The fraction of sp³-hybridized carbons (Fsp3) is 0.250. The maximum atomic E-state index is 4.60. The molecule has 0 saturated heterocycles. The number of rotatable bonds is 1. The molecule has 0 aliphatic carbocycles. The summed E-state index contributed by atoms with van der Waals surface area (Å²) in [4.78, 5) is 4.60. The van der Waals surface area contributed by atoms with Crippen LogP contribution < -0.4 is 5.32 Å². The van der Waals surface area contributed by atoms with Crippen molar-refractivity contribution in [1.82, 2.24) is 0 Å². The van der Waals surface area contributed by atoms with E-state index >= 15 is 0 Å². The number of hydrogen-bond donors (Lipinski definition) is 1. The molecule has 2 aromatic rings. The monoisotopic (exact) mass is 288 g/mol. The second-order valence-corrected chi connectivity index (χ2v) is 5.96. The SMILES string of the molecule is C1=Nc2ccccc2C=C(c2cccc3c2CCCCN3)C1. The van der Waals surface area contributed by atoms with Crippen LogP contribution >= 0.6 is 0 Å². The lowest BCUT2D eigenvalue weighted by molar-refractivity contribution is 0.784. The van der Waals surface area contributed by atoms with E-state index in [0.29, 0.717) is 0 Å². The van der Waals surface area contributed by atoms with Gasteiger partial charge < -0.3 is 5.32 Å². The summed E-state index contributed by atoms with van der Waals surface area (Å²) in [6.45, 7) is 1.08. The Bertz CT molecular complexity index is 756. The number of para-hydroxylation sites is 1. The number of benzene rings is 2. The highest BCUT2D eigenvalue weighted by Gasteiger charge is 2.15. The van der Waals surface area contributed by atoms with Gasteiger partial charge in [-0.15, -0.1) is 0 Å². The Balaban J connectivity index is 1.83. The number of anilines is 1. The van der Waals surface area contributed by atoms with Crippen molar-refractivity contribution in [3.63, 3.8) is 0 Å². The van der Waals surface area contributed by atoms with Crippen LogP contribution in [0.2, 0.25) is 0 Å². The first-order valence-corrected chi connectivity index (χ1v) is 8.10. The third-order valence-electron chi connectivity index (χ3n) is 4.50. The van der Waals surface area contributed by atoms with Gasteiger partial charge in [-0.1, -0.05) is 30.3 Å². The molecule has 2 aromatic carbocycles. The minimum absolute atomic E-state index is 0.894. The molecule has 0 bridgehead atoms. The quantitative estimate of drug-likeness (QED) is 0.777. The minimum Gasteiger partial charge on any atom is -0.385 e. The van der Waals surface area contributed by atoms with Crippen LogP contribution in [0.3, 0.4) is 0 Å². The minimum atomic E-state index is 0.894. The van der Waals surface area contributed by atoms with Crippen molar-refractivity contribution in [3.8, 4) is 0 Å². The lowest BCUT2D eigenvalue weighted by Gasteiger charge is -2.15. The van der Waals surface area contributed by atoms with Gasteiger partial charge in [0.1, 0.15) is 0 Å². The Morgan fingerprint density at radius 2 is 1.91 bits per heavy atom. The van der Waals surface area contributed by atoms with E-state index in [4.69, 9.17) is 0 Å². The fourth-order valence-corrected chi connectivity index (χ4v) is 3.38. The maximum Gasteiger partial charge on any atom is 0.0698 e. The van der Waals surface area contributed by atoms with E-state index in [1.165, 1.54) is 40.8 Å². The van der Waals surface area contributed by atoms with E-state index < -0.39 is 0 Å². The van der Waals surface area contributed by atoms with Crippen molar-refractivity contribution in [2.24, 2.45) is 4.99 Å². The van der Waals surface area contributed by atoms with Crippen molar-refractivity contribution in [3.05, 3.63) is 59.2 Å². The number of aliphatic imine (C=N–C) groups is 1. The topological polar surface area (TPSA) is 24.4 Å². The Labute approximate surface area is 131 Å². The van der Waals surface area contributed by atoms with Gasteiger partial charge in [0.2, 0.25) is 0 Å². The Kier molecular flexibility index (Phi) is 3.51. The molecule has 0 fully saturated rings. The molecule has 0 atom stereocenters. The summed E-state index contributed by atoms with van der Waals surface area (Å²) >= 11 is 0. The molecular weight excluding hydrogens is 268 g/mol. The van der Waals surface area contributed by atoms with Crippen LogP contribution in [-0.4, -0.2) is 12.8 Å². The molecule has 0 unspecified atom stereocenters. The second kappa shape index (κ2) is 5.80. The molecule has 4 rings (SSSR count). The molecular formula is C20H20N2. The first-order chi connectivity index (χ1) is 10.9. The molecule has 0 saturated carbocycles. The van der Waals surface area contributed by atoms with E-state index in [-0.39, 0.29) is 0 Å². The van der Waals surface area contributed by atoms with Gasteiger partial charge in [-0.05, 0) is 54.2 Å². The third kappa shape index (κ3) is 2.45. The molecule has 110 valence electrons. The molecule has 1 N–H and O–H groups in total. The van der Waals surface area contributed by atoms with Gasteiger partial charge in [0.25, 0.3) is 0 Å². The van der Waals surface area contributed by atoms with Crippen LogP contribution in [0.25, 0.3) is 11.6 Å². The van der Waals surface area contributed by atoms with Gasteiger partial charge in [0, 0.05) is 30.4 Å². The molecule has 0 amide bonds. The molecule has 0 aromatic heterocycles. The maximum absolute atomic E-state index is 4.60. The van der Waals surface area contributed by atoms with Crippen molar-refractivity contribution in [1.29, 1.82) is 0 Å². The number of nitrogens with zero attached hydrogens (tertiary/aromatic N) is 1. The van der Waals surface area contributed by atoms with Crippen molar-refractivity contribution in [2.75, 3.05) is 11.9 Å². The fourth-order valence-electron chi connectivity index (χ4n) is 3.38. The number of allylic oxidation sites excluding steroid dienone is 1. The van der Waals surface area contributed by atoms with Gasteiger partial charge in [0.05, 0.1) is 5.69 Å².